The number of halogens is 3. The van der Waals surface area contributed by atoms with E-state index >= 15 is 0 Å². The van der Waals surface area contributed by atoms with E-state index in [4.69, 9.17) is 24.1 Å². The fourth-order valence-electron chi connectivity index (χ4n) is 6.02. The highest BCUT2D eigenvalue weighted by Gasteiger charge is 2.59. The number of benzene rings is 2. The number of rotatable bonds is 6. The molecule has 11 heteroatoms. The van der Waals surface area contributed by atoms with Crippen LogP contribution < -0.4 is 15.1 Å². The van der Waals surface area contributed by atoms with Gasteiger partial charge in [-0.3, -0.25) is 14.5 Å². The molecule has 4 rings (SSSR count). The number of nitrogens with zero attached hydrogens (tertiary/aromatic N) is 4. The van der Waals surface area contributed by atoms with Crippen LogP contribution in [0.5, 0.6) is 0 Å². The van der Waals surface area contributed by atoms with Crippen molar-refractivity contribution in [1.82, 2.24) is 5.32 Å². The Morgan fingerprint density at radius 3 is 1.19 bits per heavy atom. The van der Waals surface area contributed by atoms with Gasteiger partial charge in [0.25, 0.3) is 5.91 Å². The Morgan fingerprint density at radius 1 is 0.571 bits per heavy atom. The highest BCUT2D eigenvalue weighted by molar-refractivity contribution is 7.81. The molecule has 1 saturated heterocycles. The minimum atomic E-state index is -4.73. The molecule has 382 valence electrons. The molecule has 1 spiro atoms. The number of amides is 2. The molecule has 84 heavy (non-hydrogen) atoms. The maximum atomic E-state index is 13.5. The van der Waals surface area contributed by atoms with E-state index in [1.807, 2.05) is 24.3 Å². The lowest BCUT2D eigenvalue weighted by Gasteiger charge is -2.43. The molecule has 2 aromatic rings. The van der Waals surface area contributed by atoms with E-state index in [1.165, 1.54) is 6.07 Å². The lowest BCUT2D eigenvalue weighted by molar-refractivity contribution is -0.137. The van der Waals surface area contributed by atoms with E-state index in [0.717, 1.165) is 29.0 Å². The van der Waals surface area contributed by atoms with Crippen molar-refractivity contribution >= 4 is 46.2 Å². The molecule has 1 saturated carbocycles. The lowest BCUT2D eigenvalue weighted by Crippen LogP contribution is -2.55. The van der Waals surface area contributed by atoms with Crippen molar-refractivity contribution in [2.75, 3.05) is 16.8 Å². The van der Waals surface area contributed by atoms with E-state index < -0.39 is 23.0 Å². The second-order valence-corrected chi connectivity index (χ2v) is 15.0. The summed E-state index contributed by atoms with van der Waals surface area (Å²) in [5.74, 6) is 114. The SMILES string of the molecule is CC#CC#CC#CC#CC#CC#CC#CC#CC#CC#CC#CC#CC#CC#CC#CC#CC#CC#CC#CC#CC#CC#CC#CC#N.[C-]#[N+]c1ccc(N2C(=O)C3(CCC3)N(c3ccc(CCCC(=O)NC)cc3)C2=S)cc1C(F)(F)F. The van der Waals surface area contributed by atoms with Crippen LogP contribution in [0.3, 0.4) is 0 Å². The van der Waals surface area contributed by atoms with Gasteiger partial charge >= 0.3 is 6.18 Å². The quantitative estimate of drug-likeness (QED) is 0.219. The molecule has 7 nitrogen and oxygen atoms in total. The summed E-state index contributed by atoms with van der Waals surface area (Å²) in [7, 11) is 1.60. The third-order valence-electron chi connectivity index (χ3n) is 9.53. The third kappa shape index (κ3) is 24.7. The summed E-state index contributed by atoms with van der Waals surface area (Å²) in [6.07, 6.45) is -1.01. The number of hydrogen-bond donors (Lipinski definition) is 1. The van der Waals surface area contributed by atoms with Crippen molar-refractivity contribution in [1.29, 1.82) is 5.26 Å². The fraction of sp³-hybridized carbons (Fsp3) is 0.137. The zero-order chi connectivity index (χ0) is 60.6. The fourth-order valence-corrected chi connectivity index (χ4v) is 6.49. The largest absolute Gasteiger partial charge is 0.407 e. The molecule has 1 aliphatic carbocycles. The van der Waals surface area contributed by atoms with Crippen molar-refractivity contribution < 1.29 is 22.8 Å². The minimum Gasteiger partial charge on any atom is -0.359 e. The van der Waals surface area contributed by atoms with E-state index in [1.54, 1.807) is 24.9 Å². The normalized spacial score (nSPS) is 9.32. The van der Waals surface area contributed by atoms with Gasteiger partial charge in [-0.15, -0.1) is 0 Å². The third-order valence-corrected chi connectivity index (χ3v) is 9.90. The monoisotopic (exact) mass is 1090 g/mol. The first-order chi connectivity index (χ1) is 41.0. The summed E-state index contributed by atoms with van der Waals surface area (Å²) in [5, 5.41) is 10.9. The summed E-state index contributed by atoms with van der Waals surface area (Å²) in [6.45, 7) is 8.74. The van der Waals surface area contributed by atoms with E-state index in [9.17, 15) is 22.8 Å². The Labute approximate surface area is 494 Å². The van der Waals surface area contributed by atoms with Crippen LogP contribution in [-0.4, -0.2) is 29.5 Å². The van der Waals surface area contributed by atoms with Crippen molar-refractivity contribution in [2.45, 2.75) is 57.2 Å². The highest BCUT2D eigenvalue weighted by atomic mass is 32.1. The second-order valence-electron chi connectivity index (χ2n) is 14.6. The molecule has 2 aromatic carbocycles. The predicted octanol–water partition coefficient (Wildman–Crippen LogP) is 5.99. The first-order valence-electron chi connectivity index (χ1n) is 23.4. The zero-order valence-electron chi connectivity index (χ0n) is 43.9. The Kier molecular flexibility index (Phi) is 30.1. The molecule has 2 amide bonds. The van der Waals surface area contributed by atoms with Gasteiger partial charge in [-0.1, -0.05) is 24.1 Å². The number of anilines is 2. The Bertz CT molecular complexity index is 4740. The van der Waals surface area contributed by atoms with Crippen LogP contribution in [-0.2, 0) is 22.2 Å². The standard InChI is InChI=1S/C48H3N.C25H23F3N4O2S/c1-2-3-4-5-6-7-8-9-10-11-12-13-14-15-16-17-18-19-20-21-22-23-24-25-26-27-28-29-30-31-32-33-34-35-36-37-38-39-40-41-42-43-44-45-46-47-48-49;1-29-20-12-11-18(15-19(20)25(26,27)28)31-22(34)24(13-4-14-24)32(23(31)35)17-9-7-16(8-10-17)5-3-6-21(33)30-2/h1H3;7-12,15H,3-6,13-14H2,2H3,(H,30,33). The molecule has 1 heterocycles. The molecular weight excluding hydrogens is 1070 g/mol. The number of thiocarbonyl (C=S) groups is 1. The Morgan fingerprint density at radius 2 is 0.905 bits per heavy atom. The molecule has 0 bridgehead atoms. The lowest BCUT2D eigenvalue weighted by atomic mass is 9.75. The summed E-state index contributed by atoms with van der Waals surface area (Å²) in [6, 6.07) is 12.4. The molecule has 0 unspecified atom stereocenters. The van der Waals surface area contributed by atoms with Gasteiger partial charge in [0, 0.05) is 244 Å². The minimum absolute atomic E-state index is 0.000629. The molecule has 0 radical (unpaired) electrons. The van der Waals surface area contributed by atoms with E-state index in [0.29, 0.717) is 37.8 Å². The maximum absolute atomic E-state index is 13.5. The van der Waals surface area contributed by atoms with E-state index in [-0.39, 0.29) is 22.6 Å². The van der Waals surface area contributed by atoms with Gasteiger partial charge in [0.05, 0.1) is 12.1 Å². The molecule has 0 atom stereocenters. The number of hydrogen-bond acceptors (Lipinski definition) is 4. The van der Waals surface area contributed by atoms with Crippen LogP contribution >= 0.6 is 12.2 Å². The van der Waals surface area contributed by atoms with Crippen molar-refractivity contribution in [3.8, 4) is 278 Å². The van der Waals surface area contributed by atoms with Gasteiger partial charge in [-0.05, 0) is 128 Å². The van der Waals surface area contributed by atoms with Gasteiger partial charge in [-0.25, -0.2) is 4.85 Å². The average Bonchev–Trinajstić information content (AvgIpc) is 1.81. The Balaban J connectivity index is 0.000000462. The first kappa shape index (κ1) is 64.2. The van der Waals surface area contributed by atoms with Gasteiger partial charge in [0.2, 0.25) is 5.91 Å². The topological polar surface area (TPSA) is 80.8 Å². The molecule has 1 aliphatic heterocycles. The average molecular weight is 1090 g/mol. The summed E-state index contributed by atoms with van der Waals surface area (Å²) in [4.78, 5) is 30.8. The smallest absolute Gasteiger partial charge is 0.359 e. The summed E-state index contributed by atoms with van der Waals surface area (Å²) < 4.78 is 40.6. The molecule has 2 fully saturated rings. The maximum Gasteiger partial charge on any atom is 0.407 e. The Hall–Kier alpha value is -14.1. The van der Waals surface area contributed by atoms with Crippen LogP contribution in [0.1, 0.15) is 50.2 Å². The summed E-state index contributed by atoms with van der Waals surface area (Å²) >= 11 is 5.64. The van der Waals surface area contributed by atoms with Crippen molar-refractivity contribution in [2.24, 2.45) is 0 Å². The highest BCUT2D eigenvalue weighted by Crippen LogP contribution is 2.49. The number of nitriles is 1. The number of carbonyl (C=O) groups excluding carboxylic acids is 2. The van der Waals surface area contributed by atoms with Crippen LogP contribution in [0.25, 0.3) is 4.85 Å². The second kappa shape index (κ2) is 39.3. The number of aryl methyl sites for hydroxylation is 1. The van der Waals surface area contributed by atoms with Gasteiger partial charge in [0.1, 0.15) is 5.54 Å². The predicted molar refractivity (Wildman–Crippen MR) is 320 cm³/mol. The number of nitrogens with one attached hydrogen (secondary N) is 1. The number of carbonyl (C=O) groups is 2. The van der Waals surface area contributed by atoms with Crippen LogP contribution in [0.2, 0.25) is 0 Å². The molecular formula is C73H26F3N5O2S. The van der Waals surface area contributed by atoms with Crippen LogP contribution in [0.4, 0.5) is 30.2 Å². The molecule has 0 aromatic heterocycles. The van der Waals surface area contributed by atoms with Gasteiger partial charge in [-0.2, -0.15) is 18.4 Å². The molecule has 1 N–H and O–H groups in total. The number of alkyl halides is 3. The molecule has 2 aliphatic rings. The van der Waals surface area contributed by atoms with Gasteiger partial charge < -0.3 is 10.2 Å². The van der Waals surface area contributed by atoms with Gasteiger partial charge in [0.15, 0.2) is 16.9 Å². The first-order valence-corrected chi connectivity index (χ1v) is 23.8. The zero-order valence-corrected chi connectivity index (χ0v) is 44.7. The van der Waals surface area contributed by atoms with Crippen molar-refractivity contribution in [3.05, 3.63) is 65.0 Å². The van der Waals surface area contributed by atoms with Crippen LogP contribution in [0, 0.1) is 290 Å². The summed E-state index contributed by atoms with van der Waals surface area (Å²) in [5.41, 5.74) is -0.829. The van der Waals surface area contributed by atoms with E-state index in [2.05, 4.69) is 283 Å². The van der Waals surface area contributed by atoms with Crippen LogP contribution in [0.15, 0.2) is 42.5 Å². The van der Waals surface area contributed by atoms with Crippen molar-refractivity contribution in [3.63, 3.8) is 0 Å².